The minimum atomic E-state index is -0.859. The standard InChI is InChI=1S/C25H24F3N3O2/c1-13-8-14(9-21(29)25(13)33)17-6-7-30-12-15(17)10-23(32)22-5-4-20(28)24(31-22)18-11-16(26)2-3-19(18)27/h2-7,11-14,21,25,33H,8-10,29H2,1H3/t13-,14+,21+,25+/m0/s1. The lowest BCUT2D eigenvalue weighted by Gasteiger charge is -2.36. The molecular weight excluding hydrogens is 431 g/mol. The van der Waals surface area contributed by atoms with Crippen LogP contribution in [0.1, 0.15) is 47.3 Å². The van der Waals surface area contributed by atoms with Crippen molar-refractivity contribution in [2.45, 2.75) is 44.2 Å². The summed E-state index contributed by atoms with van der Waals surface area (Å²) in [5, 5.41) is 10.2. The number of ketones is 1. The summed E-state index contributed by atoms with van der Waals surface area (Å²) in [6.45, 7) is 1.94. The van der Waals surface area contributed by atoms with E-state index in [1.165, 1.54) is 6.07 Å². The molecule has 2 heterocycles. The van der Waals surface area contributed by atoms with Gasteiger partial charge in [0.2, 0.25) is 0 Å². The number of pyridine rings is 2. The number of halogens is 3. The summed E-state index contributed by atoms with van der Waals surface area (Å²) in [7, 11) is 0. The first-order chi connectivity index (χ1) is 15.7. The molecule has 0 unspecified atom stereocenters. The number of carbonyl (C=O) groups excluding carboxylic acids is 1. The Morgan fingerprint density at radius 3 is 2.64 bits per heavy atom. The molecule has 2 aromatic heterocycles. The fourth-order valence-corrected chi connectivity index (χ4v) is 4.54. The van der Waals surface area contributed by atoms with E-state index in [1.807, 2.05) is 13.0 Å². The Morgan fingerprint density at radius 2 is 1.88 bits per heavy atom. The number of hydrogen-bond acceptors (Lipinski definition) is 5. The van der Waals surface area contributed by atoms with Gasteiger partial charge in [-0.3, -0.25) is 9.78 Å². The lowest BCUT2D eigenvalue weighted by Crippen LogP contribution is -2.44. The van der Waals surface area contributed by atoms with Gasteiger partial charge in [0.25, 0.3) is 0 Å². The second-order valence-electron chi connectivity index (χ2n) is 8.63. The average molecular weight is 455 g/mol. The lowest BCUT2D eigenvalue weighted by atomic mass is 9.74. The van der Waals surface area contributed by atoms with Gasteiger partial charge >= 0.3 is 0 Å². The summed E-state index contributed by atoms with van der Waals surface area (Å²) in [6, 6.07) is 6.38. The summed E-state index contributed by atoms with van der Waals surface area (Å²) in [5.74, 6) is -2.78. The van der Waals surface area contributed by atoms with Gasteiger partial charge < -0.3 is 10.8 Å². The molecule has 1 fully saturated rings. The third-order valence-electron chi connectivity index (χ3n) is 6.28. The van der Waals surface area contributed by atoms with Crippen molar-refractivity contribution >= 4 is 5.78 Å². The van der Waals surface area contributed by atoms with Crippen molar-refractivity contribution in [2.75, 3.05) is 0 Å². The van der Waals surface area contributed by atoms with Crippen LogP contribution < -0.4 is 5.73 Å². The van der Waals surface area contributed by atoms with E-state index in [4.69, 9.17) is 5.73 Å². The van der Waals surface area contributed by atoms with Crippen LogP contribution in [0.4, 0.5) is 13.2 Å². The van der Waals surface area contributed by atoms with Crippen LogP contribution in [-0.2, 0) is 6.42 Å². The van der Waals surface area contributed by atoms with Gasteiger partial charge in [-0.1, -0.05) is 6.92 Å². The largest absolute Gasteiger partial charge is 0.391 e. The van der Waals surface area contributed by atoms with E-state index in [0.29, 0.717) is 12.0 Å². The summed E-state index contributed by atoms with van der Waals surface area (Å²) in [6.07, 6.45) is 3.93. The fraction of sp³-hybridized carbons (Fsp3) is 0.320. The van der Waals surface area contributed by atoms with Crippen molar-refractivity contribution in [3.05, 3.63) is 83.1 Å². The van der Waals surface area contributed by atoms with Crippen LogP contribution in [-0.4, -0.2) is 33.0 Å². The zero-order chi connectivity index (χ0) is 23.7. The van der Waals surface area contributed by atoms with E-state index in [2.05, 4.69) is 9.97 Å². The molecule has 0 spiro atoms. The van der Waals surface area contributed by atoms with Crippen molar-refractivity contribution in [1.82, 2.24) is 9.97 Å². The molecule has 0 aliphatic heterocycles. The first-order valence-corrected chi connectivity index (χ1v) is 10.8. The van der Waals surface area contributed by atoms with Crippen LogP contribution in [0.25, 0.3) is 11.3 Å². The average Bonchev–Trinajstić information content (AvgIpc) is 2.79. The van der Waals surface area contributed by atoms with E-state index < -0.39 is 35.0 Å². The van der Waals surface area contributed by atoms with E-state index >= 15 is 0 Å². The Labute approximate surface area is 189 Å². The summed E-state index contributed by atoms with van der Waals surface area (Å²) < 4.78 is 42.1. The third-order valence-corrected chi connectivity index (χ3v) is 6.28. The predicted molar refractivity (Wildman–Crippen MR) is 117 cm³/mol. The molecule has 1 aliphatic rings. The third kappa shape index (κ3) is 4.82. The van der Waals surface area contributed by atoms with Gasteiger partial charge in [-0.05, 0) is 72.2 Å². The molecule has 4 rings (SSSR count). The van der Waals surface area contributed by atoms with Crippen LogP contribution in [0.2, 0.25) is 0 Å². The number of aliphatic hydroxyl groups is 1. The molecule has 0 bridgehead atoms. The maximum Gasteiger partial charge on any atom is 0.185 e. The van der Waals surface area contributed by atoms with Crippen molar-refractivity contribution in [1.29, 1.82) is 0 Å². The number of nitrogens with two attached hydrogens (primary N) is 1. The first-order valence-electron chi connectivity index (χ1n) is 10.8. The number of aliphatic hydroxyl groups excluding tert-OH is 1. The quantitative estimate of drug-likeness (QED) is 0.564. The normalized spacial score (nSPS) is 22.8. The second-order valence-corrected chi connectivity index (χ2v) is 8.63. The van der Waals surface area contributed by atoms with Gasteiger partial charge in [0.1, 0.15) is 28.8 Å². The summed E-state index contributed by atoms with van der Waals surface area (Å²) >= 11 is 0. The van der Waals surface area contributed by atoms with Gasteiger partial charge in [-0.2, -0.15) is 0 Å². The number of Topliss-reactive ketones (excluding diaryl/α,β-unsaturated/α-hetero) is 1. The minimum absolute atomic E-state index is 0.0120. The molecule has 1 aliphatic carbocycles. The van der Waals surface area contributed by atoms with E-state index in [0.717, 1.165) is 36.2 Å². The van der Waals surface area contributed by atoms with E-state index in [-0.39, 0.29) is 35.6 Å². The molecule has 172 valence electrons. The Hall–Kier alpha value is -3.10. The SMILES string of the molecule is C[C@H]1C[C@@H](c2ccncc2CC(=O)c2ccc(F)c(-c3cc(F)ccc3F)n2)C[C@@H](N)[C@@H]1O. The summed E-state index contributed by atoms with van der Waals surface area (Å²) in [5.41, 5.74) is 6.88. The molecule has 33 heavy (non-hydrogen) atoms. The zero-order valence-electron chi connectivity index (χ0n) is 18.0. The van der Waals surface area contributed by atoms with Crippen molar-refractivity contribution in [3.63, 3.8) is 0 Å². The van der Waals surface area contributed by atoms with Gasteiger partial charge in [0.05, 0.1) is 6.10 Å². The molecule has 0 saturated heterocycles. The van der Waals surface area contributed by atoms with Gasteiger partial charge in [0, 0.05) is 30.4 Å². The monoisotopic (exact) mass is 455 g/mol. The number of carbonyl (C=O) groups is 1. The maximum absolute atomic E-state index is 14.4. The number of rotatable bonds is 5. The molecule has 1 aromatic carbocycles. The number of aromatic nitrogens is 2. The Bertz CT molecular complexity index is 1180. The predicted octanol–water partition coefficient (Wildman–Crippen LogP) is 4.19. The van der Waals surface area contributed by atoms with Gasteiger partial charge in [0.15, 0.2) is 5.78 Å². The molecular formula is C25H24F3N3O2. The van der Waals surface area contributed by atoms with Crippen molar-refractivity contribution in [3.8, 4) is 11.3 Å². The summed E-state index contributed by atoms with van der Waals surface area (Å²) in [4.78, 5) is 21.2. The Kier molecular flexibility index (Phi) is 6.58. The highest BCUT2D eigenvalue weighted by molar-refractivity contribution is 5.96. The smallest absolute Gasteiger partial charge is 0.185 e. The second kappa shape index (κ2) is 9.41. The fourth-order valence-electron chi connectivity index (χ4n) is 4.54. The van der Waals surface area contributed by atoms with E-state index in [1.54, 1.807) is 12.4 Å². The topological polar surface area (TPSA) is 89.1 Å². The van der Waals surface area contributed by atoms with E-state index in [9.17, 15) is 23.1 Å². The molecule has 0 radical (unpaired) electrons. The van der Waals surface area contributed by atoms with Crippen molar-refractivity contribution < 1.29 is 23.1 Å². The molecule has 3 aromatic rings. The van der Waals surface area contributed by atoms with Gasteiger partial charge in [-0.25, -0.2) is 18.2 Å². The lowest BCUT2D eigenvalue weighted by molar-refractivity contribution is 0.0519. The Balaban J connectivity index is 1.62. The number of benzene rings is 1. The minimum Gasteiger partial charge on any atom is -0.391 e. The van der Waals surface area contributed by atoms with Crippen LogP contribution >= 0.6 is 0 Å². The highest BCUT2D eigenvalue weighted by Gasteiger charge is 2.34. The van der Waals surface area contributed by atoms with Crippen LogP contribution in [0, 0.1) is 23.4 Å². The number of hydrogen-bond donors (Lipinski definition) is 2. The Morgan fingerprint density at radius 1 is 1.12 bits per heavy atom. The first kappa shape index (κ1) is 23.1. The zero-order valence-corrected chi connectivity index (χ0v) is 18.0. The molecule has 4 atom stereocenters. The highest BCUT2D eigenvalue weighted by atomic mass is 19.1. The molecule has 0 amide bonds. The van der Waals surface area contributed by atoms with Crippen molar-refractivity contribution in [2.24, 2.45) is 11.7 Å². The molecule has 5 nitrogen and oxygen atoms in total. The molecule has 1 saturated carbocycles. The number of nitrogens with zero attached hydrogens (tertiary/aromatic N) is 2. The van der Waals surface area contributed by atoms with Crippen LogP contribution in [0.5, 0.6) is 0 Å². The van der Waals surface area contributed by atoms with Gasteiger partial charge in [-0.15, -0.1) is 0 Å². The van der Waals surface area contributed by atoms with Crippen LogP contribution in [0.15, 0.2) is 48.8 Å². The highest BCUT2D eigenvalue weighted by Crippen LogP contribution is 2.37. The van der Waals surface area contributed by atoms with Crippen LogP contribution in [0.3, 0.4) is 0 Å². The maximum atomic E-state index is 14.4. The molecule has 8 heteroatoms. The molecule has 3 N–H and O–H groups in total.